The van der Waals surface area contributed by atoms with Crippen molar-refractivity contribution in [3.05, 3.63) is 29.6 Å². The molecule has 0 aliphatic rings. The number of esters is 1. The molecular formula is C10H11FO3. The van der Waals surface area contributed by atoms with Crippen LogP contribution in [-0.4, -0.2) is 19.7 Å². The van der Waals surface area contributed by atoms with Gasteiger partial charge in [0.1, 0.15) is 11.6 Å². The highest BCUT2D eigenvalue weighted by Crippen LogP contribution is 2.16. The van der Waals surface area contributed by atoms with Gasteiger partial charge in [0.15, 0.2) is 0 Å². The van der Waals surface area contributed by atoms with E-state index in [0.717, 1.165) is 6.07 Å². The molecule has 76 valence electrons. The molecule has 0 atom stereocenters. The second-order valence-corrected chi connectivity index (χ2v) is 2.60. The van der Waals surface area contributed by atoms with Gasteiger partial charge >= 0.3 is 5.97 Å². The van der Waals surface area contributed by atoms with Gasteiger partial charge in [0.05, 0.1) is 19.3 Å². The van der Waals surface area contributed by atoms with E-state index < -0.39 is 11.8 Å². The van der Waals surface area contributed by atoms with Crippen molar-refractivity contribution in [3.8, 4) is 5.75 Å². The Morgan fingerprint density at radius 2 is 2.14 bits per heavy atom. The number of carbonyl (C=O) groups is 1. The zero-order chi connectivity index (χ0) is 10.6. The van der Waals surface area contributed by atoms with Crippen LogP contribution in [-0.2, 0) is 4.74 Å². The van der Waals surface area contributed by atoms with E-state index in [9.17, 15) is 9.18 Å². The summed E-state index contributed by atoms with van der Waals surface area (Å²) in [5, 5.41) is 0. The molecule has 0 aliphatic carbocycles. The van der Waals surface area contributed by atoms with Crippen molar-refractivity contribution in [3.63, 3.8) is 0 Å². The van der Waals surface area contributed by atoms with Gasteiger partial charge in [-0.15, -0.1) is 0 Å². The van der Waals surface area contributed by atoms with Gasteiger partial charge in [0.2, 0.25) is 0 Å². The van der Waals surface area contributed by atoms with E-state index in [0.29, 0.717) is 5.75 Å². The Balaban J connectivity index is 2.96. The average molecular weight is 198 g/mol. The van der Waals surface area contributed by atoms with Crippen LogP contribution in [0.25, 0.3) is 0 Å². The van der Waals surface area contributed by atoms with Gasteiger partial charge in [-0.3, -0.25) is 0 Å². The number of hydrogen-bond donors (Lipinski definition) is 0. The van der Waals surface area contributed by atoms with Crippen molar-refractivity contribution in [2.24, 2.45) is 0 Å². The van der Waals surface area contributed by atoms with Gasteiger partial charge in [0.25, 0.3) is 0 Å². The first-order valence-corrected chi connectivity index (χ1v) is 4.19. The molecule has 0 heterocycles. The van der Waals surface area contributed by atoms with Crippen LogP contribution in [0.4, 0.5) is 4.39 Å². The third kappa shape index (κ3) is 2.45. The van der Waals surface area contributed by atoms with Crippen LogP contribution in [0.1, 0.15) is 17.3 Å². The molecule has 0 N–H and O–H groups in total. The molecule has 0 aliphatic heterocycles. The van der Waals surface area contributed by atoms with Crippen LogP contribution in [0.3, 0.4) is 0 Å². The minimum absolute atomic E-state index is 0.156. The summed E-state index contributed by atoms with van der Waals surface area (Å²) in [6.07, 6.45) is 0. The second-order valence-electron chi connectivity index (χ2n) is 2.60. The van der Waals surface area contributed by atoms with Crippen molar-refractivity contribution in [2.45, 2.75) is 6.92 Å². The summed E-state index contributed by atoms with van der Waals surface area (Å²) in [4.78, 5) is 11.2. The molecule has 0 saturated heterocycles. The number of rotatable bonds is 3. The highest BCUT2D eigenvalue weighted by atomic mass is 19.1. The lowest BCUT2D eigenvalue weighted by atomic mass is 10.2. The SMILES string of the molecule is CCOC(=O)c1cc(F)cc(OC)c1. The summed E-state index contributed by atoms with van der Waals surface area (Å²) in [6, 6.07) is 3.74. The van der Waals surface area contributed by atoms with Crippen LogP contribution in [0.15, 0.2) is 18.2 Å². The molecule has 0 spiro atoms. The fourth-order valence-electron chi connectivity index (χ4n) is 1.01. The smallest absolute Gasteiger partial charge is 0.338 e. The first-order chi connectivity index (χ1) is 6.67. The summed E-state index contributed by atoms with van der Waals surface area (Å²) in [5.41, 5.74) is 0.156. The zero-order valence-corrected chi connectivity index (χ0v) is 8.04. The maximum absolute atomic E-state index is 12.9. The molecule has 14 heavy (non-hydrogen) atoms. The lowest BCUT2D eigenvalue weighted by Gasteiger charge is -2.04. The summed E-state index contributed by atoms with van der Waals surface area (Å²) in [7, 11) is 1.41. The Morgan fingerprint density at radius 1 is 1.43 bits per heavy atom. The summed E-state index contributed by atoms with van der Waals surface area (Å²) >= 11 is 0. The highest BCUT2D eigenvalue weighted by molar-refractivity contribution is 5.89. The third-order valence-electron chi connectivity index (χ3n) is 1.62. The van der Waals surface area contributed by atoms with Crippen molar-refractivity contribution in [2.75, 3.05) is 13.7 Å². The van der Waals surface area contributed by atoms with Gasteiger partial charge in [0, 0.05) is 6.07 Å². The Labute approximate surface area is 81.4 Å². The van der Waals surface area contributed by atoms with Crippen molar-refractivity contribution >= 4 is 5.97 Å². The number of halogens is 1. The number of carbonyl (C=O) groups excluding carboxylic acids is 1. The quantitative estimate of drug-likeness (QED) is 0.697. The van der Waals surface area contributed by atoms with Gasteiger partial charge < -0.3 is 9.47 Å². The maximum atomic E-state index is 12.9. The molecule has 1 aromatic rings. The molecule has 0 unspecified atom stereocenters. The molecule has 0 radical (unpaired) electrons. The zero-order valence-electron chi connectivity index (χ0n) is 8.04. The summed E-state index contributed by atoms with van der Waals surface area (Å²) in [5.74, 6) is -0.772. The first-order valence-electron chi connectivity index (χ1n) is 4.19. The van der Waals surface area contributed by atoms with E-state index in [1.54, 1.807) is 6.92 Å². The second kappa shape index (κ2) is 4.60. The molecule has 0 fully saturated rings. The number of hydrogen-bond acceptors (Lipinski definition) is 3. The summed E-state index contributed by atoms with van der Waals surface area (Å²) in [6.45, 7) is 1.95. The molecule has 0 amide bonds. The van der Waals surface area contributed by atoms with Crippen LogP contribution in [0, 0.1) is 5.82 Å². The Morgan fingerprint density at radius 3 is 2.71 bits per heavy atom. The highest BCUT2D eigenvalue weighted by Gasteiger charge is 2.09. The Bertz CT molecular complexity index is 336. The number of ether oxygens (including phenoxy) is 2. The largest absolute Gasteiger partial charge is 0.497 e. The van der Waals surface area contributed by atoms with Crippen molar-refractivity contribution in [1.82, 2.24) is 0 Å². The van der Waals surface area contributed by atoms with Crippen molar-refractivity contribution < 1.29 is 18.7 Å². The predicted octanol–water partition coefficient (Wildman–Crippen LogP) is 2.01. The van der Waals surface area contributed by atoms with Crippen LogP contribution >= 0.6 is 0 Å². The van der Waals surface area contributed by atoms with E-state index in [1.165, 1.54) is 19.2 Å². The van der Waals surface area contributed by atoms with E-state index in [1.807, 2.05) is 0 Å². The van der Waals surface area contributed by atoms with E-state index in [2.05, 4.69) is 0 Å². The Hall–Kier alpha value is -1.58. The topological polar surface area (TPSA) is 35.5 Å². The number of methoxy groups -OCH3 is 1. The molecule has 1 rings (SSSR count). The van der Waals surface area contributed by atoms with Crippen molar-refractivity contribution in [1.29, 1.82) is 0 Å². The minimum atomic E-state index is -0.551. The van der Waals surface area contributed by atoms with Gasteiger partial charge in [-0.05, 0) is 19.1 Å². The predicted molar refractivity (Wildman–Crippen MR) is 48.9 cm³/mol. The van der Waals surface area contributed by atoms with Crippen LogP contribution < -0.4 is 4.74 Å². The normalized spacial score (nSPS) is 9.64. The Kier molecular flexibility index (Phi) is 3.45. The van der Waals surface area contributed by atoms with E-state index in [4.69, 9.17) is 9.47 Å². The van der Waals surface area contributed by atoms with Crippen LogP contribution in [0.2, 0.25) is 0 Å². The molecule has 3 nitrogen and oxygen atoms in total. The standard InChI is InChI=1S/C10H11FO3/c1-3-14-10(12)7-4-8(11)6-9(5-7)13-2/h4-6H,3H2,1-2H3. The lowest BCUT2D eigenvalue weighted by molar-refractivity contribution is 0.0525. The first kappa shape index (κ1) is 10.5. The van der Waals surface area contributed by atoms with Crippen LogP contribution in [0.5, 0.6) is 5.75 Å². The van der Waals surface area contributed by atoms with E-state index >= 15 is 0 Å². The van der Waals surface area contributed by atoms with Gasteiger partial charge in [-0.2, -0.15) is 0 Å². The van der Waals surface area contributed by atoms with Gasteiger partial charge in [-0.25, -0.2) is 9.18 Å². The fraction of sp³-hybridized carbons (Fsp3) is 0.300. The third-order valence-corrected chi connectivity index (χ3v) is 1.62. The molecule has 0 saturated carbocycles. The van der Waals surface area contributed by atoms with E-state index in [-0.39, 0.29) is 12.2 Å². The lowest BCUT2D eigenvalue weighted by Crippen LogP contribution is -2.05. The molecule has 0 bridgehead atoms. The molecular weight excluding hydrogens is 187 g/mol. The summed E-state index contributed by atoms with van der Waals surface area (Å²) < 4.78 is 22.5. The minimum Gasteiger partial charge on any atom is -0.497 e. The van der Waals surface area contributed by atoms with Gasteiger partial charge in [-0.1, -0.05) is 0 Å². The molecule has 1 aromatic carbocycles. The monoisotopic (exact) mass is 198 g/mol. The molecule has 4 heteroatoms. The number of benzene rings is 1. The fourth-order valence-corrected chi connectivity index (χ4v) is 1.01. The molecule has 0 aromatic heterocycles. The maximum Gasteiger partial charge on any atom is 0.338 e. The average Bonchev–Trinajstić information content (AvgIpc) is 2.17.